The lowest BCUT2D eigenvalue weighted by atomic mass is 10.1. The number of carbonyl (C=O) groups excluding carboxylic acids is 1. The van der Waals surface area contributed by atoms with Crippen LogP contribution >= 0.6 is 11.7 Å². The zero-order chi connectivity index (χ0) is 13.5. The number of amides is 2. The number of anilines is 2. The Hall–Kier alpha value is -1.95. The van der Waals surface area contributed by atoms with E-state index < -0.39 is 0 Å². The number of aromatic nitrogens is 2. The molecule has 0 bridgehead atoms. The molecular weight excluding hydrogens is 260 g/mol. The zero-order valence-corrected chi connectivity index (χ0v) is 11.5. The second kappa shape index (κ2) is 6.84. The van der Waals surface area contributed by atoms with Crippen LogP contribution in [0.4, 0.5) is 16.3 Å². The monoisotopic (exact) mass is 276 g/mol. The molecule has 2 N–H and O–H groups in total. The molecule has 0 aliphatic rings. The largest absolute Gasteiger partial charge is 0.324 e. The highest BCUT2D eigenvalue weighted by Gasteiger charge is 2.04. The SMILES string of the molecule is CCCCc1ccc(NC(=O)Nc2cnsn2)cc1. The number of aryl methyl sites for hydroxylation is 1. The first kappa shape index (κ1) is 13.5. The number of carbonyl (C=O) groups is 1. The molecule has 0 spiro atoms. The summed E-state index contributed by atoms with van der Waals surface area (Å²) in [6, 6.07) is 7.58. The Bertz CT molecular complexity index is 510. The third kappa shape index (κ3) is 4.33. The highest BCUT2D eigenvalue weighted by Crippen LogP contribution is 2.12. The molecular formula is C13H16N4OS. The summed E-state index contributed by atoms with van der Waals surface area (Å²) in [6.07, 6.45) is 4.96. The number of urea groups is 1. The summed E-state index contributed by atoms with van der Waals surface area (Å²) in [6.45, 7) is 2.17. The number of nitrogens with zero attached hydrogens (tertiary/aromatic N) is 2. The molecule has 1 heterocycles. The zero-order valence-electron chi connectivity index (χ0n) is 10.7. The number of benzene rings is 1. The molecule has 0 fully saturated rings. The molecule has 0 radical (unpaired) electrons. The minimum atomic E-state index is -0.311. The molecule has 5 nitrogen and oxygen atoms in total. The fourth-order valence-corrected chi connectivity index (χ4v) is 2.01. The molecule has 0 aliphatic carbocycles. The van der Waals surface area contributed by atoms with Crippen LogP contribution in [0.5, 0.6) is 0 Å². The van der Waals surface area contributed by atoms with Gasteiger partial charge < -0.3 is 5.32 Å². The van der Waals surface area contributed by atoms with Crippen molar-refractivity contribution in [3.05, 3.63) is 36.0 Å². The van der Waals surface area contributed by atoms with Crippen LogP contribution in [0.2, 0.25) is 0 Å². The summed E-state index contributed by atoms with van der Waals surface area (Å²) in [5.74, 6) is 0.460. The molecule has 100 valence electrons. The fourth-order valence-electron chi connectivity index (χ4n) is 1.63. The van der Waals surface area contributed by atoms with E-state index in [1.807, 2.05) is 24.3 Å². The van der Waals surface area contributed by atoms with Crippen LogP contribution in [-0.2, 0) is 6.42 Å². The van der Waals surface area contributed by atoms with Gasteiger partial charge in [0, 0.05) is 5.69 Å². The lowest BCUT2D eigenvalue weighted by molar-refractivity contribution is 0.262. The molecule has 0 aliphatic heterocycles. The smallest absolute Gasteiger partial charge is 0.308 e. The quantitative estimate of drug-likeness (QED) is 0.878. The van der Waals surface area contributed by atoms with Crippen LogP contribution in [-0.4, -0.2) is 14.8 Å². The molecule has 2 aromatic rings. The van der Waals surface area contributed by atoms with Gasteiger partial charge in [0.25, 0.3) is 0 Å². The molecule has 0 unspecified atom stereocenters. The van der Waals surface area contributed by atoms with Gasteiger partial charge in [-0.15, -0.1) is 0 Å². The number of rotatable bonds is 5. The van der Waals surface area contributed by atoms with Gasteiger partial charge in [0.2, 0.25) is 0 Å². The molecule has 19 heavy (non-hydrogen) atoms. The predicted octanol–water partition coefficient (Wildman–Crippen LogP) is 3.52. The first-order valence-electron chi connectivity index (χ1n) is 6.22. The van der Waals surface area contributed by atoms with Crippen molar-refractivity contribution in [2.75, 3.05) is 10.6 Å². The van der Waals surface area contributed by atoms with Gasteiger partial charge in [-0.25, -0.2) is 4.79 Å². The van der Waals surface area contributed by atoms with E-state index in [-0.39, 0.29) is 6.03 Å². The van der Waals surface area contributed by atoms with Crippen LogP contribution in [0.3, 0.4) is 0 Å². The summed E-state index contributed by atoms with van der Waals surface area (Å²) < 4.78 is 7.71. The molecule has 1 aromatic heterocycles. The lowest BCUT2D eigenvalue weighted by Gasteiger charge is -2.06. The molecule has 1 aromatic carbocycles. The molecule has 0 saturated carbocycles. The van der Waals surface area contributed by atoms with Crippen LogP contribution in [0, 0.1) is 0 Å². The van der Waals surface area contributed by atoms with Gasteiger partial charge in [0.05, 0.1) is 17.9 Å². The Balaban J connectivity index is 1.86. The van der Waals surface area contributed by atoms with E-state index in [1.54, 1.807) is 0 Å². The summed E-state index contributed by atoms with van der Waals surface area (Å²) >= 11 is 1.05. The summed E-state index contributed by atoms with van der Waals surface area (Å²) in [4.78, 5) is 11.7. The van der Waals surface area contributed by atoms with Crippen LogP contribution in [0.1, 0.15) is 25.3 Å². The normalized spacial score (nSPS) is 10.2. The Morgan fingerprint density at radius 1 is 1.26 bits per heavy atom. The van der Waals surface area contributed by atoms with E-state index in [9.17, 15) is 4.79 Å². The number of hydrogen-bond donors (Lipinski definition) is 2. The maximum atomic E-state index is 11.7. The first-order chi connectivity index (χ1) is 9.28. The minimum Gasteiger partial charge on any atom is -0.308 e. The number of nitrogens with one attached hydrogen (secondary N) is 2. The van der Waals surface area contributed by atoms with E-state index in [1.165, 1.54) is 24.6 Å². The van der Waals surface area contributed by atoms with Gasteiger partial charge in [-0.3, -0.25) is 5.32 Å². The Morgan fingerprint density at radius 3 is 2.68 bits per heavy atom. The summed E-state index contributed by atoms with van der Waals surface area (Å²) in [7, 11) is 0. The van der Waals surface area contributed by atoms with Crippen molar-refractivity contribution in [3.8, 4) is 0 Å². The number of unbranched alkanes of at least 4 members (excludes halogenated alkanes) is 1. The maximum absolute atomic E-state index is 11.7. The van der Waals surface area contributed by atoms with Gasteiger partial charge in [-0.2, -0.15) is 8.75 Å². The van der Waals surface area contributed by atoms with Crippen molar-refractivity contribution in [3.63, 3.8) is 0 Å². The highest BCUT2D eigenvalue weighted by atomic mass is 32.1. The van der Waals surface area contributed by atoms with Gasteiger partial charge >= 0.3 is 6.03 Å². The van der Waals surface area contributed by atoms with Crippen LogP contribution in [0.25, 0.3) is 0 Å². The first-order valence-corrected chi connectivity index (χ1v) is 6.95. The van der Waals surface area contributed by atoms with E-state index in [0.717, 1.165) is 23.8 Å². The van der Waals surface area contributed by atoms with Gasteiger partial charge in [-0.05, 0) is 30.5 Å². The highest BCUT2D eigenvalue weighted by molar-refractivity contribution is 6.99. The molecule has 0 atom stereocenters. The van der Waals surface area contributed by atoms with E-state index in [4.69, 9.17) is 0 Å². The second-order valence-electron chi connectivity index (χ2n) is 4.17. The van der Waals surface area contributed by atoms with Gasteiger partial charge in [-0.1, -0.05) is 25.5 Å². The van der Waals surface area contributed by atoms with Crippen molar-refractivity contribution in [2.45, 2.75) is 26.2 Å². The summed E-state index contributed by atoms with van der Waals surface area (Å²) in [5, 5.41) is 5.36. The average Bonchev–Trinajstić information content (AvgIpc) is 2.90. The Morgan fingerprint density at radius 2 is 2.05 bits per heavy atom. The maximum Gasteiger partial charge on any atom is 0.324 e. The lowest BCUT2D eigenvalue weighted by Crippen LogP contribution is -2.19. The van der Waals surface area contributed by atoms with Crippen molar-refractivity contribution in [1.82, 2.24) is 8.75 Å². The molecule has 6 heteroatoms. The third-order valence-electron chi connectivity index (χ3n) is 2.63. The molecule has 2 rings (SSSR count). The van der Waals surface area contributed by atoms with E-state index >= 15 is 0 Å². The molecule has 0 saturated heterocycles. The van der Waals surface area contributed by atoms with Crippen molar-refractivity contribution < 1.29 is 4.79 Å². The van der Waals surface area contributed by atoms with Crippen molar-refractivity contribution in [1.29, 1.82) is 0 Å². The number of hydrogen-bond acceptors (Lipinski definition) is 4. The Labute approximate surface area is 116 Å². The standard InChI is InChI=1S/C13H16N4OS/c1-2-3-4-10-5-7-11(8-6-10)15-13(18)16-12-9-14-19-17-12/h5-9H,2-4H2,1H3,(H2,15,16,17,18). The van der Waals surface area contributed by atoms with Crippen LogP contribution in [0.15, 0.2) is 30.5 Å². The molecule has 2 amide bonds. The minimum absolute atomic E-state index is 0.311. The second-order valence-corrected chi connectivity index (χ2v) is 4.73. The average molecular weight is 276 g/mol. The van der Waals surface area contributed by atoms with Gasteiger partial charge in [0.1, 0.15) is 0 Å². The van der Waals surface area contributed by atoms with Crippen molar-refractivity contribution >= 4 is 29.3 Å². The van der Waals surface area contributed by atoms with E-state index in [0.29, 0.717) is 5.82 Å². The predicted molar refractivity (Wildman–Crippen MR) is 77.6 cm³/mol. The van der Waals surface area contributed by atoms with Gasteiger partial charge in [0.15, 0.2) is 5.82 Å². The summed E-state index contributed by atoms with van der Waals surface area (Å²) in [5.41, 5.74) is 2.05. The topological polar surface area (TPSA) is 66.9 Å². The van der Waals surface area contributed by atoms with Crippen molar-refractivity contribution in [2.24, 2.45) is 0 Å². The van der Waals surface area contributed by atoms with E-state index in [2.05, 4.69) is 26.3 Å². The van der Waals surface area contributed by atoms with Crippen LogP contribution < -0.4 is 10.6 Å². The third-order valence-corrected chi connectivity index (χ3v) is 3.11. The Kier molecular flexibility index (Phi) is 4.85. The fraction of sp³-hybridized carbons (Fsp3) is 0.308.